The standard InChI is InChI=1S/C31H36N6O4/c38-27(24-10-5-2-6-11-24)12-13-28(39)36-18-14-31(15-19-36)21-25-22-37(35-34-25)17-7-16-32-29(40)26(33-30(31)41)20-23-8-3-1-4-9-23/h1-6,8-11,22,26H,7,12-21H2,(H,32,40)(H,33,41)/t26-/m0/s1. The number of piperidine rings is 1. The van der Waals surface area contributed by atoms with E-state index in [-0.39, 0.29) is 36.3 Å². The molecule has 10 nitrogen and oxygen atoms in total. The predicted molar refractivity (Wildman–Crippen MR) is 152 cm³/mol. The van der Waals surface area contributed by atoms with Gasteiger partial charge in [0.2, 0.25) is 17.7 Å². The van der Waals surface area contributed by atoms with Crippen molar-refractivity contribution >= 4 is 23.5 Å². The summed E-state index contributed by atoms with van der Waals surface area (Å²) in [5.74, 6) is -0.589. The van der Waals surface area contributed by atoms with E-state index in [0.29, 0.717) is 69.5 Å². The molecule has 3 amide bonds. The highest BCUT2D eigenvalue weighted by molar-refractivity contribution is 5.98. The Labute approximate surface area is 239 Å². The van der Waals surface area contributed by atoms with Gasteiger partial charge in [-0.1, -0.05) is 65.9 Å². The van der Waals surface area contributed by atoms with Crippen LogP contribution in [0.25, 0.3) is 0 Å². The summed E-state index contributed by atoms with van der Waals surface area (Å²) in [5.41, 5.74) is 1.42. The number of aromatic nitrogens is 3. The third kappa shape index (κ3) is 7.06. The summed E-state index contributed by atoms with van der Waals surface area (Å²) >= 11 is 0. The molecule has 214 valence electrons. The Morgan fingerprint density at radius 1 is 0.927 bits per heavy atom. The zero-order valence-electron chi connectivity index (χ0n) is 23.1. The van der Waals surface area contributed by atoms with E-state index in [1.54, 1.807) is 33.8 Å². The molecule has 2 aliphatic rings. The van der Waals surface area contributed by atoms with E-state index in [9.17, 15) is 19.2 Å². The molecule has 1 atom stereocenters. The molecule has 1 spiro atoms. The lowest BCUT2D eigenvalue weighted by molar-refractivity contribution is -0.142. The van der Waals surface area contributed by atoms with Crippen molar-refractivity contribution < 1.29 is 19.2 Å². The molecule has 3 aromatic rings. The van der Waals surface area contributed by atoms with Crippen LogP contribution in [0.1, 0.15) is 53.7 Å². The Balaban J connectivity index is 1.30. The molecule has 0 saturated carbocycles. The maximum absolute atomic E-state index is 14.0. The van der Waals surface area contributed by atoms with Crippen molar-refractivity contribution in [3.8, 4) is 0 Å². The molecule has 10 heteroatoms. The Kier molecular flexibility index (Phi) is 8.86. The first kappa shape index (κ1) is 28.2. The Hall–Kier alpha value is -4.34. The first-order chi connectivity index (χ1) is 19.9. The molecule has 0 aliphatic carbocycles. The van der Waals surface area contributed by atoms with Gasteiger partial charge in [0.1, 0.15) is 6.04 Å². The fraction of sp³-hybridized carbons (Fsp3) is 0.419. The van der Waals surface area contributed by atoms with E-state index in [1.807, 2.05) is 42.6 Å². The van der Waals surface area contributed by atoms with Crippen molar-refractivity contribution in [1.82, 2.24) is 30.5 Å². The van der Waals surface area contributed by atoms with Crippen LogP contribution in [0.15, 0.2) is 66.9 Å². The maximum Gasteiger partial charge on any atom is 0.242 e. The number of nitrogens with one attached hydrogen (secondary N) is 2. The van der Waals surface area contributed by atoms with Crippen molar-refractivity contribution in [2.24, 2.45) is 5.41 Å². The minimum Gasteiger partial charge on any atom is -0.354 e. The van der Waals surface area contributed by atoms with Gasteiger partial charge in [0.05, 0.1) is 11.1 Å². The molecule has 1 fully saturated rings. The number of ketones is 1. The number of benzene rings is 2. The fourth-order valence-electron chi connectivity index (χ4n) is 5.64. The van der Waals surface area contributed by atoms with Crippen LogP contribution in [-0.2, 0) is 33.8 Å². The monoisotopic (exact) mass is 556 g/mol. The second-order valence-electron chi connectivity index (χ2n) is 11.0. The van der Waals surface area contributed by atoms with Gasteiger partial charge in [0.25, 0.3) is 0 Å². The smallest absolute Gasteiger partial charge is 0.242 e. The number of hydrogen-bond acceptors (Lipinski definition) is 6. The Morgan fingerprint density at radius 3 is 2.37 bits per heavy atom. The number of carbonyl (C=O) groups is 4. The van der Waals surface area contributed by atoms with Gasteiger partial charge in [-0.25, -0.2) is 0 Å². The number of rotatable bonds is 6. The minimum absolute atomic E-state index is 0.0622. The van der Waals surface area contributed by atoms with Crippen LogP contribution < -0.4 is 10.6 Å². The topological polar surface area (TPSA) is 126 Å². The first-order valence-electron chi connectivity index (χ1n) is 14.3. The number of aryl methyl sites for hydroxylation is 1. The van der Waals surface area contributed by atoms with Crippen molar-refractivity contribution in [1.29, 1.82) is 0 Å². The molecule has 0 radical (unpaired) electrons. The largest absolute Gasteiger partial charge is 0.354 e. The van der Waals surface area contributed by atoms with Gasteiger partial charge in [-0.3, -0.25) is 23.9 Å². The fourth-order valence-corrected chi connectivity index (χ4v) is 5.64. The third-order valence-electron chi connectivity index (χ3n) is 8.09. The van der Waals surface area contributed by atoms with Crippen LogP contribution in [0.2, 0.25) is 0 Å². The number of fused-ring (bicyclic) bond motifs is 2. The molecule has 5 rings (SSSR count). The zero-order chi connectivity index (χ0) is 28.7. The zero-order valence-corrected chi connectivity index (χ0v) is 23.1. The Bertz CT molecular complexity index is 1370. The molecule has 3 heterocycles. The van der Waals surface area contributed by atoms with Crippen molar-refractivity contribution in [3.05, 3.63) is 83.7 Å². The lowest BCUT2D eigenvalue weighted by Crippen LogP contribution is -2.56. The van der Waals surface area contributed by atoms with E-state index in [0.717, 1.165) is 5.56 Å². The number of hydrogen-bond donors (Lipinski definition) is 2. The van der Waals surface area contributed by atoms with E-state index >= 15 is 0 Å². The summed E-state index contributed by atoms with van der Waals surface area (Å²) in [6.45, 7) is 1.84. The van der Waals surface area contributed by atoms with Gasteiger partial charge in [-0.2, -0.15) is 0 Å². The molecule has 2 aliphatic heterocycles. The Morgan fingerprint density at radius 2 is 1.63 bits per heavy atom. The molecule has 2 aromatic carbocycles. The van der Waals surface area contributed by atoms with Crippen molar-refractivity contribution in [2.75, 3.05) is 19.6 Å². The highest BCUT2D eigenvalue weighted by Crippen LogP contribution is 2.36. The first-order valence-corrected chi connectivity index (χ1v) is 14.3. The van der Waals surface area contributed by atoms with E-state index in [2.05, 4.69) is 20.9 Å². The molecule has 2 N–H and O–H groups in total. The normalized spacial score (nSPS) is 19.3. The van der Waals surface area contributed by atoms with Gasteiger partial charge in [0, 0.05) is 63.6 Å². The van der Waals surface area contributed by atoms with Crippen molar-refractivity contribution in [3.63, 3.8) is 0 Å². The van der Waals surface area contributed by atoms with Gasteiger partial charge in [0.15, 0.2) is 5.78 Å². The number of amides is 3. The van der Waals surface area contributed by atoms with Crippen LogP contribution in [0.3, 0.4) is 0 Å². The van der Waals surface area contributed by atoms with Crippen LogP contribution in [-0.4, -0.2) is 69.1 Å². The molecular weight excluding hydrogens is 520 g/mol. The van der Waals surface area contributed by atoms with Crippen LogP contribution in [0.5, 0.6) is 0 Å². The minimum atomic E-state index is -0.846. The maximum atomic E-state index is 14.0. The van der Waals surface area contributed by atoms with Crippen LogP contribution >= 0.6 is 0 Å². The van der Waals surface area contributed by atoms with Gasteiger partial charge in [-0.15, -0.1) is 5.10 Å². The van der Waals surface area contributed by atoms with E-state index in [1.165, 1.54) is 0 Å². The molecule has 2 bridgehead atoms. The second-order valence-corrected chi connectivity index (χ2v) is 11.0. The van der Waals surface area contributed by atoms with Gasteiger partial charge in [-0.05, 0) is 24.8 Å². The molecule has 0 unspecified atom stereocenters. The summed E-state index contributed by atoms with van der Waals surface area (Å²) in [5, 5.41) is 14.6. The summed E-state index contributed by atoms with van der Waals surface area (Å²) in [6, 6.07) is 17.9. The predicted octanol–water partition coefficient (Wildman–Crippen LogP) is 2.34. The van der Waals surface area contributed by atoms with E-state index in [4.69, 9.17) is 0 Å². The quantitative estimate of drug-likeness (QED) is 0.449. The number of nitrogens with zero attached hydrogens (tertiary/aromatic N) is 4. The highest BCUT2D eigenvalue weighted by atomic mass is 16.2. The average Bonchev–Trinajstić information content (AvgIpc) is 3.45. The van der Waals surface area contributed by atoms with Crippen molar-refractivity contribution in [2.45, 2.75) is 57.5 Å². The molecule has 1 aromatic heterocycles. The third-order valence-corrected chi connectivity index (χ3v) is 8.09. The molecule has 41 heavy (non-hydrogen) atoms. The number of Topliss-reactive ketones (excluding diaryl/α,β-unsaturated/α-hetero) is 1. The van der Waals surface area contributed by atoms with Crippen LogP contribution in [0.4, 0.5) is 0 Å². The summed E-state index contributed by atoms with van der Waals surface area (Å²) in [7, 11) is 0. The summed E-state index contributed by atoms with van der Waals surface area (Å²) < 4.78 is 1.74. The highest BCUT2D eigenvalue weighted by Gasteiger charge is 2.44. The number of carbonyl (C=O) groups excluding carboxylic acids is 4. The SMILES string of the molecule is O=C(CCC(=O)N1CCC2(CC1)Cc1cn(nn1)CCCNC(=O)[C@H](Cc1ccccc1)NC2=O)c1ccccc1. The number of likely N-dealkylation sites (tertiary alicyclic amines) is 1. The average molecular weight is 557 g/mol. The lowest BCUT2D eigenvalue weighted by atomic mass is 9.73. The summed E-state index contributed by atoms with van der Waals surface area (Å²) in [4.78, 5) is 54.5. The molecular formula is C31H36N6O4. The van der Waals surface area contributed by atoms with Gasteiger partial charge >= 0.3 is 0 Å². The second kappa shape index (κ2) is 12.9. The van der Waals surface area contributed by atoms with Gasteiger partial charge < -0.3 is 15.5 Å². The van der Waals surface area contributed by atoms with Crippen LogP contribution in [0, 0.1) is 5.41 Å². The summed E-state index contributed by atoms with van der Waals surface area (Å²) in [6.07, 6.45) is 4.41. The molecule has 1 saturated heterocycles. The van der Waals surface area contributed by atoms with E-state index < -0.39 is 11.5 Å². The lowest BCUT2D eigenvalue weighted by Gasteiger charge is -2.41.